The molecule has 0 saturated heterocycles. The number of aromatic amines is 1. The summed E-state index contributed by atoms with van der Waals surface area (Å²) in [6.07, 6.45) is 0.878. The number of H-pyrrole nitrogens is 1. The summed E-state index contributed by atoms with van der Waals surface area (Å²) in [5, 5.41) is 7.02. The summed E-state index contributed by atoms with van der Waals surface area (Å²) in [6, 6.07) is 8.24. The quantitative estimate of drug-likeness (QED) is 0.888. The third-order valence-corrected chi connectivity index (χ3v) is 4.03. The van der Waals surface area contributed by atoms with E-state index in [-0.39, 0.29) is 11.8 Å². The summed E-state index contributed by atoms with van der Waals surface area (Å²) in [5.41, 5.74) is 10.2. The number of rotatable bonds is 2. The van der Waals surface area contributed by atoms with Gasteiger partial charge in [0.25, 0.3) is 5.91 Å². The van der Waals surface area contributed by atoms with Gasteiger partial charge in [0.2, 0.25) is 0 Å². The average Bonchev–Trinajstić information content (AvgIpc) is 2.88. The Morgan fingerprint density at radius 2 is 2.05 bits per heavy atom. The summed E-state index contributed by atoms with van der Waals surface area (Å²) in [6.45, 7) is 5.38. The van der Waals surface area contributed by atoms with Crippen LogP contribution in [0, 0.1) is 0 Å². The lowest BCUT2D eigenvalue weighted by Crippen LogP contribution is -2.36. The molecule has 1 aromatic carbocycles. The third kappa shape index (κ3) is 2.39. The number of carbonyl (C=O) groups excluding carboxylic acids is 1. The van der Waals surface area contributed by atoms with Crippen LogP contribution in [-0.4, -0.2) is 27.5 Å². The van der Waals surface area contributed by atoms with E-state index in [0.717, 1.165) is 12.1 Å². The van der Waals surface area contributed by atoms with Gasteiger partial charge in [-0.15, -0.1) is 0 Å². The Labute approximate surface area is 124 Å². The maximum atomic E-state index is 12.6. The second-order valence-electron chi connectivity index (χ2n) is 5.80. The van der Waals surface area contributed by atoms with E-state index < -0.39 is 0 Å². The molecule has 3 N–H and O–H groups in total. The molecule has 0 saturated carbocycles. The van der Waals surface area contributed by atoms with Gasteiger partial charge in [-0.1, -0.05) is 38.1 Å². The molecule has 1 aromatic heterocycles. The average molecular weight is 284 g/mol. The first kappa shape index (κ1) is 13.7. The molecule has 5 heteroatoms. The molecule has 0 radical (unpaired) electrons. The number of nitrogens with one attached hydrogen (secondary N) is 1. The minimum Gasteiger partial charge on any atom is -0.395 e. The van der Waals surface area contributed by atoms with Crippen LogP contribution >= 0.6 is 0 Å². The molecule has 0 spiro atoms. The SMILES string of the molecule is CC(C)c1[nH]nc(C(=O)N2CCc3ccccc3C2)c1N. The zero-order valence-electron chi connectivity index (χ0n) is 12.4. The van der Waals surface area contributed by atoms with Crippen molar-refractivity contribution in [1.82, 2.24) is 15.1 Å². The molecule has 3 rings (SSSR count). The highest BCUT2D eigenvalue weighted by molar-refractivity contribution is 5.97. The molecule has 0 fully saturated rings. The molecule has 0 unspecified atom stereocenters. The van der Waals surface area contributed by atoms with Crippen molar-refractivity contribution in [2.24, 2.45) is 0 Å². The van der Waals surface area contributed by atoms with Crippen LogP contribution in [0.2, 0.25) is 0 Å². The smallest absolute Gasteiger partial charge is 0.276 e. The van der Waals surface area contributed by atoms with Gasteiger partial charge < -0.3 is 10.6 Å². The number of anilines is 1. The largest absolute Gasteiger partial charge is 0.395 e. The minimum absolute atomic E-state index is 0.0925. The van der Waals surface area contributed by atoms with E-state index in [1.54, 1.807) is 0 Å². The second kappa shape index (κ2) is 5.24. The number of carbonyl (C=O) groups is 1. The van der Waals surface area contributed by atoms with Crippen molar-refractivity contribution in [2.45, 2.75) is 32.7 Å². The number of fused-ring (bicyclic) bond motifs is 1. The Hall–Kier alpha value is -2.30. The Bertz CT molecular complexity index is 675. The van der Waals surface area contributed by atoms with Crippen LogP contribution in [0.25, 0.3) is 0 Å². The number of nitrogens with zero attached hydrogens (tertiary/aromatic N) is 2. The highest BCUT2D eigenvalue weighted by Crippen LogP contribution is 2.25. The van der Waals surface area contributed by atoms with Crippen LogP contribution in [-0.2, 0) is 13.0 Å². The summed E-state index contributed by atoms with van der Waals surface area (Å²) in [5.74, 6) is 0.131. The monoisotopic (exact) mass is 284 g/mol. The standard InChI is InChI=1S/C16H20N4O/c1-10(2)14-13(17)15(19-18-14)16(21)20-8-7-11-5-3-4-6-12(11)9-20/h3-6,10H,7-9,17H2,1-2H3,(H,18,19). The summed E-state index contributed by atoms with van der Waals surface area (Å²) >= 11 is 0. The van der Waals surface area contributed by atoms with Gasteiger partial charge in [-0.05, 0) is 23.5 Å². The first-order chi connectivity index (χ1) is 10.1. The van der Waals surface area contributed by atoms with Crippen LogP contribution in [0.3, 0.4) is 0 Å². The van der Waals surface area contributed by atoms with Gasteiger partial charge in [0.15, 0.2) is 5.69 Å². The lowest BCUT2D eigenvalue weighted by Gasteiger charge is -2.28. The molecule has 1 amide bonds. The molecule has 110 valence electrons. The van der Waals surface area contributed by atoms with Crippen LogP contribution in [0.15, 0.2) is 24.3 Å². The summed E-state index contributed by atoms with van der Waals surface area (Å²) in [4.78, 5) is 14.4. The molecule has 0 atom stereocenters. The Kier molecular flexibility index (Phi) is 3.41. The Morgan fingerprint density at radius 1 is 1.33 bits per heavy atom. The normalized spacial score (nSPS) is 14.3. The molecule has 5 nitrogen and oxygen atoms in total. The molecule has 2 aromatic rings. The number of hydrogen-bond acceptors (Lipinski definition) is 3. The highest BCUT2D eigenvalue weighted by atomic mass is 16.2. The fourth-order valence-corrected chi connectivity index (χ4v) is 2.79. The van der Waals surface area contributed by atoms with Crippen molar-refractivity contribution in [3.63, 3.8) is 0 Å². The van der Waals surface area contributed by atoms with Gasteiger partial charge >= 0.3 is 0 Å². The lowest BCUT2D eigenvalue weighted by atomic mass is 9.99. The first-order valence-corrected chi connectivity index (χ1v) is 7.27. The molecular formula is C16H20N4O. The summed E-state index contributed by atoms with van der Waals surface area (Å²) in [7, 11) is 0. The fraction of sp³-hybridized carbons (Fsp3) is 0.375. The number of aromatic nitrogens is 2. The number of nitrogen functional groups attached to an aromatic ring is 1. The van der Waals surface area contributed by atoms with Crippen molar-refractivity contribution >= 4 is 11.6 Å². The first-order valence-electron chi connectivity index (χ1n) is 7.27. The van der Waals surface area contributed by atoms with Gasteiger partial charge in [0.05, 0.1) is 11.4 Å². The number of nitrogens with two attached hydrogens (primary N) is 1. The minimum atomic E-state index is -0.0925. The van der Waals surface area contributed by atoms with E-state index in [9.17, 15) is 4.79 Å². The van der Waals surface area contributed by atoms with Crippen molar-refractivity contribution in [1.29, 1.82) is 0 Å². The molecule has 0 aliphatic carbocycles. The van der Waals surface area contributed by atoms with Gasteiger partial charge in [-0.2, -0.15) is 5.10 Å². The second-order valence-corrected chi connectivity index (χ2v) is 5.80. The molecule has 2 heterocycles. The zero-order valence-corrected chi connectivity index (χ0v) is 12.4. The molecule has 1 aliphatic rings. The Balaban J connectivity index is 1.84. The molecule has 21 heavy (non-hydrogen) atoms. The van der Waals surface area contributed by atoms with Gasteiger partial charge in [0, 0.05) is 13.1 Å². The van der Waals surface area contributed by atoms with Crippen molar-refractivity contribution in [2.75, 3.05) is 12.3 Å². The van der Waals surface area contributed by atoms with Gasteiger partial charge in [-0.25, -0.2) is 0 Å². The van der Waals surface area contributed by atoms with Crippen molar-refractivity contribution in [3.8, 4) is 0 Å². The fourth-order valence-electron chi connectivity index (χ4n) is 2.79. The predicted molar refractivity (Wildman–Crippen MR) is 82.0 cm³/mol. The maximum absolute atomic E-state index is 12.6. The number of amides is 1. The topological polar surface area (TPSA) is 75.0 Å². The molecule has 1 aliphatic heterocycles. The predicted octanol–water partition coefficient (Wildman–Crippen LogP) is 2.31. The van der Waals surface area contributed by atoms with Crippen LogP contribution in [0.4, 0.5) is 5.69 Å². The lowest BCUT2D eigenvalue weighted by molar-refractivity contribution is 0.0730. The highest BCUT2D eigenvalue weighted by Gasteiger charge is 2.26. The van der Waals surface area contributed by atoms with Gasteiger partial charge in [-0.3, -0.25) is 9.89 Å². The van der Waals surface area contributed by atoms with E-state index in [2.05, 4.69) is 22.3 Å². The van der Waals surface area contributed by atoms with Crippen LogP contribution in [0.1, 0.15) is 47.1 Å². The van der Waals surface area contributed by atoms with Crippen molar-refractivity contribution < 1.29 is 4.79 Å². The van der Waals surface area contributed by atoms with Crippen LogP contribution < -0.4 is 5.73 Å². The number of benzene rings is 1. The molecular weight excluding hydrogens is 264 g/mol. The zero-order chi connectivity index (χ0) is 15.0. The molecule has 0 bridgehead atoms. The van der Waals surface area contributed by atoms with E-state index in [1.807, 2.05) is 30.9 Å². The number of hydrogen-bond donors (Lipinski definition) is 2. The van der Waals surface area contributed by atoms with E-state index in [1.165, 1.54) is 11.1 Å². The van der Waals surface area contributed by atoms with E-state index >= 15 is 0 Å². The van der Waals surface area contributed by atoms with Crippen LogP contribution in [0.5, 0.6) is 0 Å². The van der Waals surface area contributed by atoms with Gasteiger partial charge in [0.1, 0.15) is 0 Å². The Morgan fingerprint density at radius 3 is 2.71 bits per heavy atom. The van der Waals surface area contributed by atoms with E-state index in [0.29, 0.717) is 24.5 Å². The third-order valence-electron chi connectivity index (χ3n) is 4.03. The van der Waals surface area contributed by atoms with Crippen molar-refractivity contribution in [3.05, 3.63) is 46.8 Å². The van der Waals surface area contributed by atoms with E-state index in [4.69, 9.17) is 5.73 Å². The summed E-state index contributed by atoms with van der Waals surface area (Å²) < 4.78 is 0. The maximum Gasteiger partial charge on any atom is 0.276 e.